The highest BCUT2D eigenvalue weighted by molar-refractivity contribution is 5.97. The maximum absolute atomic E-state index is 12.5. The van der Waals surface area contributed by atoms with Crippen LogP contribution in [0.2, 0.25) is 0 Å². The molecule has 1 saturated heterocycles. The van der Waals surface area contributed by atoms with Crippen LogP contribution in [0.3, 0.4) is 0 Å². The third kappa shape index (κ3) is 2.72. The molecule has 0 aliphatic carbocycles. The summed E-state index contributed by atoms with van der Waals surface area (Å²) in [6.07, 6.45) is 2.19. The fourth-order valence-corrected chi connectivity index (χ4v) is 2.35. The average Bonchev–Trinajstić information content (AvgIpc) is 2.40. The Morgan fingerprint density at radius 2 is 2.05 bits per heavy atom. The number of rotatable bonds is 2. The summed E-state index contributed by atoms with van der Waals surface area (Å²) in [6.45, 7) is 3.95. The van der Waals surface area contributed by atoms with Crippen LogP contribution in [-0.2, 0) is 4.79 Å². The Balaban J connectivity index is 2.31. The Morgan fingerprint density at radius 3 is 2.74 bits per heavy atom. The van der Waals surface area contributed by atoms with Gasteiger partial charge in [0.25, 0.3) is 5.91 Å². The molecule has 1 atom stereocenters. The number of carboxylic acid groups (broad SMARTS) is 1. The molecule has 1 aliphatic heterocycles. The number of aromatic nitrogens is 2. The van der Waals surface area contributed by atoms with Gasteiger partial charge < -0.3 is 10.0 Å². The van der Waals surface area contributed by atoms with Gasteiger partial charge >= 0.3 is 5.97 Å². The number of aryl methyl sites for hydroxylation is 2. The fourth-order valence-electron chi connectivity index (χ4n) is 2.35. The van der Waals surface area contributed by atoms with Crippen molar-refractivity contribution in [1.82, 2.24) is 15.1 Å². The lowest BCUT2D eigenvalue weighted by Gasteiger charge is -2.33. The predicted octanol–water partition coefficient (Wildman–Crippen LogP) is 1.17. The second-order valence-corrected chi connectivity index (χ2v) is 4.83. The van der Waals surface area contributed by atoms with Crippen LogP contribution in [0.15, 0.2) is 6.07 Å². The molecule has 0 spiro atoms. The smallest absolute Gasteiger partial charge is 0.326 e. The highest BCUT2D eigenvalue weighted by Gasteiger charge is 2.33. The normalized spacial score (nSPS) is 19.3. The molecule has 1 N–H and O–H groups in total. The Hall–Kier alpha value is -1.98. The zero-order valence-corrected chi connectivity index (χ0v) is 11.1. The molecule has 1 aromatic heterocycles. The van der Waals surface area contributed by atoms with Crippen molar-refractivity contribution < 1.29 is 14.7 Å². The summed E-state index contributed by atoms with van der Waals surface area (Å²) in [5.41, 5.74) is 1.63. The molecule has 1 amide bonds. The summed E-state index contributed by atoms with van der Waals surface area (Å²) in [5.74, 6) is -1.20. The van der Waals surface area contributed by atoms with E-state index in [1.807, 2.05) is 0 Å². The summed E-state index contributed by atoms with van der Waals surface area (Å²) in [7, 11) is 0. The molecule has 1 fully saturated rings. The minimum atomic E-state index is -0.940. The minimum Gasteiger partial charge on any atom is -0.480 e. The molecule has 2 rings (SSSR count). The maximum atomic E-state index is 12.5. The topological polar surface area (TPSA) is 83.4 Å². The van der Waals surface area contributed by atoms with E-state index in [1.54, 1.807) is 19.9 Å². The highest BCUT2D eigenvalue weighted by atomic mass is 16.4. The highest BCUT2D eigenvalue weighted by Crippen LogP contribution is 2.20. The summed E-state index contributed by atoms with van der Waals surface area (Å²) in [6, 6.07) is 0.937. The SMILES string of the molecule is Cc1cc(C(=O)N2CCCC[C@@H]2C(=O)O)c(C)nn1. The first-order valence-electron chi connectivity index (χ1n) is 6.35. The van der Waals surface area contributed by atoms with Crippen LogP contribution in [0.1, 0.15) is 41.0 Å². The van der Waals surface area contributed by atoms with Gasteiger partial charge in [-0.3, -0.25) is 4.79 Å². The van der Waals surface area contributed by atoms with Crippen LogP contribution < -0.4 is 0 Å². The lowest BCUT2D eigenvalue weighted by molar-refractivity contribution is -0.143. The average molecular weight is 263 g/mol. The van der Waals surface area contributed by atoms with E-state index in [9.17, 15) is 14.7 Å². The minimum absolute atomic E-state index is 0.261. The molecule has 19 heavy (non-hydrogen) atoms. The van der Waals surface area contributed by atoms with Crippen LogP contribution in [0.4, 0.5) is 0 Å². The second kappa shape index (κ2) is 5.34. The molecule has 0 saturated carbocycles. The van der Waals surface area contributed by atoms with Crippen molar-refractivity contribution in [3.63, 3.8) is 0 Å². The molecule has 102 valence electrons. The summed E-state index contributed by atoms with van der Waals surface area (Å²) in [4.78, 5) is 25.2. The van der Waals surface area contributed by atoms with Gasteiger partial charge in [-0.25, -0.2) is 4.79 Å². The van der Waals surface area contributed by atoms with E-state index in [2.05, 4.69) is 10.2 Å². The number of nitrogens with zero attached hydrogens (tertiary/aromatic N) is 3. The van der Waals surface area contributed by atoms with E-state index in [-0.39, 0.29) is 5.91 Å². The van der Waals surface area contributed by atoms with Crippen LogP contribution in [0.25, 0.3) is 0 Å². The molecule has 6 nitrogen and oxygen atoms in total. The lowest BCUT2D eigenvalue weighted by Crippen LogP contribution is -2.48. The third-order valence-electron chi connectivity index (χ3n) is 3.38. The van der Waals surface area contributed by atoms with Gasteiger partial charge in [-0.15, -0.1) is 0 Å². The van der Waals surface area contributed by atoms with E-state index in [0.717, 1.165) is 12.8 Å². The number of amides is 1. The van der Waals surface area contributed by atoms with Crippen LogP contribution in [-0.4, -0.2) is 44.7 Å². The first-order valence-corrected chi connectivity index (χ1v) is 6.35. The van der Waals surface area contributed by atoms with E-state index in [1.165, 1.54) is 4.90 Å². The zero-order valence-electron chi connectivity index (χ0n) is 11.1. The molecule has 0 bridgehead atoms. The van der Waals surface area contributed by atoms with Gasteiger partial charge in [-0.2, -0.15) is 10.2 Å². The number of aliphatic carboxylic acids is 1. The van der Waals surface area contributed by atoms with Crippen molar-refractivity contribution in [2.75, 3.05) is 6.54 Å². The van der Waals surface area contributed by atoms with Gasteiger partial charge in [0, 0.05) is 6.54 Å². The van der Waals surface area contributed by atoms with E-state index < -0.39 is 12.0 Å². The number of likely N-dealkylation sites (tertiary alicyclic amines) is 1. The van der Waals surface area contributed by atoms with E-state index in [4.69, 9.17) is 0 Å². The largest absolute Gasteiger partial charge is 0.480 e. The number of hydrogen-bond acceptors (Lipinski definition) is 4. The molecule has 6 heteroatoms. The van der Waals surface area contributed by atoms with Gasteiger partial charge in [-0.1, -0.05) is 0 Å². The Bertz CT molecular complexity index is 516. The van der Waals surface area contributed by atoms with Crippen molar-refractivity contribution in [3.8, 4) is 0 Å². The van der Waals surface area contributed by atoms with Crippen molar-refractivity contribution in [2.45, 2.75) is 39.2 Å². The number of carbonyl (C=O) groups is 2. The molecule has 0 radical (unpaired) electrons. The number of carbonyl (C=O) groups excluding carboxylic acids is 1. The van der Waals surface area contributed by atoms with E-state index >= 15 is 0 Å². The lowest BCUT2D eigenvalue weighted by atomic mass is 10.0. The summed E-state index contributed by atoms with van der Waals surface area (Å²) >= 11 is 0. The van der Waals surface area contributed by atoms with Gasteiger partial charge in [0.2, 0.25) is 0 Å². The van der Waals surface area contributed by atoms with Gasteiger partial charge in [0.15, 0.2) is 0 Å². The first-order chi connectivity index (χ1) is 9.00. The van der Waals surface area contributed by atoms with Crippen molar-refractivity contribution in [3.05, 3.63) is 23.0 Å². The van der Waals surface area contributed by atoms with Crippen molar-refractivity contribution in [1.29, 1.82) is 0 Å². The van der Waals surface area contributed by atoms with Gasteiger partial charge in [0.05, 0.1) is 17.0 Å². The standard InChI is InChI=1S/C13H17N3O3/c1-8-7-10(9(2)15-14-8)12(17)16-6-4-3-5-11(16)13(18)19/h7,11H,3-6H2,1-2H3,(H,18,19)/t11-/m1/s1. The van der Waals surface area contributed by atoms with E-state index in [0.29, 0.717) is 29.9 Å². The zero-order chi connectivity index (χ0) is 14.0. The van der Waals surface area contributed by atoms with Crippen LogP contribution >= 0.6 is 0 Å². The molecule has 1 aromatic rings. The third-order valence-corrected chi connectivity index (χ3v) is 3.38. The van der Waals surface area contributed by atoms with Crippen LogP contribution in [0.5, 0.6) is 0 Å². The molecule has 0 unspecified atom stereocenters. The fraction of sp³-hybridized carbons (Fsp3) is 0.538. The molecule has 1 aliphatic rings. The first kappa shape index (κ1) is 13.5. The van der Waals surface area contributed by atoms with Crippen LogP contribution in [0, 0.1) is 13.8 Å². The summed E-state index contributed by atoms with van der Waals surface area (Å²) in [5, 5.41) is 17.0. The Kier molecular flexibility index (Phi) is 3.78. The molecular weight excluding hydrogens is 246 g/mol. The van der Waals surface area contributed by atoms with Gasteiger partial charge in [-0.05, 0) is 39.2 Å². The predicted molar refractivity (Wildman–Crippen MR) is 67.8 cm³/mol. The molecule has 0 aromatic carbocycles. The number of piperidine rings is 1. The summed E-state index contributed by atoms with van der Waals surface area (Å²) < 4.78 is 0. The van der Waals surface area contributed by atoms with Crippen molar-refractivity contribution >= 4 is 11.9 Å². The van der Waals surface area contributed by atoms with Gasteiger partial charge in [0.1, 0.15) is 6.04 Å². The number of carboxylic acids is 1. The molecular formula is C13H17N3O3. The Morgan fingerprint density at radius 1 is 1.32 bits per heavy atom. The monoisotopic (exact) mass is 263 g/mol. The molecule has 2 heterocycles. The number of hydrogen-bond donors (Lipinski definition) is 1. The Labute approximate surface area is 111 Å². The van der Waals surface area contributed by atoms with Crippen molar-refractivity contribution in [2.24, 2.45) is 0 Å². The quantitative estimate of drug-likeness (QED) is 0.866. The maximum Gasteiger partial charge on any atom is 0.326 e. The second-order valence-electron chi connectivity index (χ2n) is 4.83.